The molecular formula is C24H25NO6S. The lowest BCUT2D eigenvalue weighted by Crippen LogP contribution is -2.27. The summed E-state index contributed by atoms with van der Waals surface area (Å²) in [6.07, 6.45) is 1.80. The van der Waals surface area contributed by atoms with Crippen molar-refractivity contribution in [3.63, 3.8) is 0 Å². The van der Waals surface area contributed by atoms with Gasteiger partial charge in [-0.2, -0.15) is 0 Å². The number of carboxylic acids is 1. The number of benzene rings is 2. The molecule has 0 radical (unpaired) electrons. The normalized spacial score (nSPS) is 15.8. The van der Waals surface area contributed by atoms with E-state index in [1.165, 1.54) is 0 Å². The van der Waals surface area contributed by atoms with Gasteiger partial charge in [0.15, 0.2) is 17.6 Å². The number of nitrogens with zero attached hydrogens (tertiary/aromatic N) is 1. The summed E-state index contributed by atoms with van der Waals surface area (Å²) in [5.41, 5.74) is 2.29. The van der Waals surface area contributed by atoms with Crippen LogP contribution >= 0.6 is 11.8 Å². The highest BCUT2D eigenvalue weighted by Gasteiger charge is 2.36. The van der Waals surface area contributed by atoms with Crippen LogP contribution in [0.2, 0.25) is 0 Å². The van der Waals surface area contributed by atoms with Gasteiger partial charge in [-0.15, -0.1) is 0 Å². The first-order valence-electron chi connectivity index (χ1n) is 10.4. The van der Waals surface area contributed by atoms with E-state index < -0.39 is 12.1 Å². The van der Waals surface area contributed by atoms with Crippen molar-refractivity contribution in [3.8, 4) is 11.5 Å². The third kappa shape index (κ3) is 5.13. The third-order valence-electron chi connectivity index (χ3n) is 4.88. The number of aliphatic carboxylic acids is 1. The second kappa shape index (κ2) is 10.4. The summed E-state index contributed by atoms with van der Waals surface area (Å²) in [4.78, 5) is 38.2. The fourth-order valence-corrected chi connectivity index (χ4v) is 4.01. The van der Waals surface area contributed by atoms with Gasteiger partial charge < -0.3 is 14.6 Å². The molecule has 2 aromatic carbocycles. The number of aryl methyl sites for hydroxylation is 1. The summed E-state index contributed by atoms with van der Waals surface area (Å²) >= 11 is 0.872. The molecule has 8 heteroatoms. The second-order valence-electron chi connectivity index (χ2n) is 7.03. The average Bonchev–Trinajstić information content (AvgIpc) is 3.06. The molecule has 7 nitrogen and oxygen atoms in total. The molecule has 2 amide bonds. The Balaban J connectivity index is 1.86. The smallest absolute Gasteiger partial charge is 0.344 e. The van der Waals surface area contributed by atoms with E-state index in [2.05, 4.69) is 0 Å². The zero-order valence-corrected chi connectivity index (χ0v) is 19.0. The topological polar surface area (TPSA) is 93.1 Å². The highest BCUT2D eigenvalue weighted by atomic mass is 32.2. The summed E-state index contributed by atoms with van der Waals surface area (Å²) in [6.45, 7) is 5.92. The molecule has 1 aliphatic heterocycles. The van der Waals surface area contributed by atoms with Gasteiger partial charge in [-0.1, -0.05) is 32.0 Å². The number of carbonyl (C=O) groups is 3. The Bertz CT molecular complexity index is 1050. The number of carbonyl (C=O) groups excluding carboxylic acids is 2. The van der Waals surface area contributed by atoms with E-state index in [-0.39, 0.29) is 11.1 Å². The minimum absolute atomic E-state index is 0.294. The summed E-state index contributed by atoms with van der Waals surface area (Å²) in [6, 6.07) is 12.3. The lowest BCUT2D eigenvalue weighted by atomic mass is 10.1. The molecule has 1 saturated heterocycles. The van der Waals surface area contributed by atoms with E-state index in [4.69, 9.17) is 9.47 Å². The SMILES string of the molecule is CCOc1cc(/C=C2/SC(=O)N(c3ccc(CC)cc3)C2=O)ccc1OC(CC)C(=O)O. The van der Waals surface area contributed by atoms with Crippen molar-refractivity contribution in [2.45, 2.75) is 39.7 Å². The minimum Gasteiger partial charge on any atom is -0.490 e. The first-order valence-corrected chi connectivity index (χ1v) is 11.2. The molecule has 32 heavy (non-hydrogen) atoms. The Morgan fingerprint density at radius 2 is 1.81 bits per heavy atom. The molecule has 1 unspecified atom stereocenters. The predicted molar refractivity (Wildman–Crippen MR) is 124 cm³/mol. The molecule has 1 aliphatic rings. The average molecular weight is 456 g/mol. The molecular weight excluding hydrogens is 430 g/mol. The Morgan fingerprint density at radius 3 is 2.41 bits per heavy atom. The largest absolute Gasteiger partial charge is 0.490 e. The maximum absolute atomic E-state index is 12.9. The Kier molecular flexibility index (Phi) is 7.58. The number of hydrogen-bond acceptors (Lipinski definition) is 6. The molecule has 0 saturated carbocycles. The number of ether oxygens (including phenoxy) is 2. The number of hydrogen-bond donors (Lipinski definition) is 1. The van der Waals surface area contributed by atoms with Gasteiger partial charge >= 0.3 is 5.97 Å². The quantitative estimate of drug-likeness (QED) is 0.524. The van der Waals surface area contributed by atoms with Crippen LogP contribution in [0.15, 0.2) is 47.4 Å². The van der Waals surface area contributed by atoms with Gasteiger partial charge in [0, 0.05) is 0 Å². The van der Waals surface area contributed by atoms with Gasteiger partial charge in [-0.05, 0) is 73.0 Å². The lowest BCUT2D eigenvalue weighted by molar-refractivity contribution is -0.145. The van der Waals surface area contributed by atoms with Crippen LogP contribution < -0.4 is 14.4 Å². The van der Waals surface area contributed by atoms with Gasteiger partial charge in [0.25, 0.3) is 11.1 Å². The molecule has 0 bridgehead atoms. The van der Waals surface area contributed by atoms with Crippen LogP contribution in [0.5, 0.6) is 11.5 Å². The molecule has 0 aliphatic carbocycles. The fraction of sp³-hybridized carbons (Fsp3) is 0.292. The van der Waals surface area contributed by atoms with E-state index >= 15 is 0 Å². The van der Waals surface area contributed by atoms with Crippen LogP contribution in [0.4, 0.5) is 10.5 Å². The van der Waals surface area contributed by atoms with Gasteiger partial charge in [0.1, 0.15) is 0 Å². The standard InChI is InChI=1S/C24H25NO6S/c1-4-15-7-10-17(11-8-15)25-22(26)21(32-24(25)29)14-16-9-12-19(20(13-16)30-6-3)31-18(5-2)23(27)28/h7-14,18H,4-6H2,1-3H3,(H,27,28)/b21-14+. The van der Waals surface area contributed by atoms with Crippen LogP contribution in [0, 0.1) is 0 Å². The molecule has 2 aromatic rings. The Hall–Kier alpha value is -3.26. The molecule has 1 atom stereocenters. The van der Waals surface area contributed by atoms with Gasteiger partial charge in [-0.25, -0.2) is 9.69 Å². The van der Waals surface area contributed by atoms with Crippen LogP contribution in [0.25, 0.3) is 6.08 Å². The van der Waals surface area contributed by atoms with E-state index in [1.807, 2.05) is 19.1 Å². The molecule has 1 heterocycles. The van der Waals surface area contributed by atoms with Crippen LogP contribution in [-0.4, -0.2) is 34.9 Å². The van der Waals surface area contributed by atoms with Crippen LogP contribution in [0.1, 0.15) is 38.3 Å². The van der Waals surface area contributed by atoms with Crippen molar-refractivity contribution in [1.29, 1.82) is 0 Å². The zero-order chi connectivity index (χ0) is 23.3. The van der Waals surface area contributed by atoms with Crippen LogP contribution in [-0.2, 0) is 16.0 Å². The monoisotopic (exact) mass is 455 g/mol. The van der Waals surface area contributed by atoms with Crippen molar-refractivity contribution in [1.82, 2.24) is 0 Å². The van der Waals surface area contributed by atoms with Crippen molar-refractivity contribution in [2.24, 2.45) is 0 Å². The van der Waals surface area contributed by atoms with E-state index in [9.17, 15) is 19.5 Å². The highest BCUT2D eigenvalue weighted by molar-refractivity contribution is 8.19. The number of imide groups is 1. The van der Waals surface area contributed by atoms with Crippen LogP contribution in [0.3, 0.4) is 0 Å². The van der Waals surface area contributed by atoms with Crippen molar-refractivity contribution < 1.29 is 29.0 Å². The van der Waals surface area contributed by atoms with Gasteiger partial charge in [0.2, 0.25) is 0 Å². The number of carboxylic acid groups (broad SMARTS) is 1. The predicted octanol–water partition coefficient (Wildman–Crippen LogP) is 5.13. The van der Waals surface area contributed by atoms with Crippen molar-refractivity contribution >= 4 is 40.6 Å². The third-order valence-corrected chi connectivity index (χ3v) is 5.75. The molecule has 0 spiro atoms. The fourth-order valence-electron chi connectivity index (χ4n) is 3.16. The summed E-state index contributed by atoms with van der Waals surface area (Å²) in [7, 11) is 0. The minimum atomic E-state index is -1.06. The number of rotatable bonds is 9. The first-order chi connectivity index (χ1) is 15.4. The van der Waals surface area contributed by atoms with E-state index in [1.54, 1.807) is 50.3 Å². The maximum Gasteiger partial charge on any atom is 0.344 e. The van der Waals surface area contributed by atoms with E-state index in [0.29, 0.717) is 40.7 Å². The molecule has 0 aromatic heterocycles. The van der Waals surface area contributed by atoms with Gasteiger partial charge in [0.05, 0.1) is 17.2 Å². The molecule has 1 fully saturated rings. The summed E-state index contributed by atoms with van der Waals surface area (Å²) in [5.74, 6) is -0.767. The van der Waals surface area contributed by atoms with Gasteiger partial charge in [-0.3, -0.25) is 9.59 Å². The molecule has 3 rings (SSSR count). The lowest BCUT2D eigenvalue weighted by Gasteiger charge is -2.17. The second-order valence-corrected chi connectivity index (χ2v) is 8.02. The Morgan fingerprint density at radius 1 is 1.09 bits per heavy atom. The van der Waals surface area contributed by atoms with E-state index in [0.717, 1.165) is 28.6 Å². The van der Waals surface area contributed by atoms with Crippen molar-refractivity contribution in [2.75, 3.05) is 11.5 Å². The van der Waals surface area contributed by atoms with Crippen molar-refractivity contribution in [3.05, 3.63) is 58.5 Å². The molecule has 168 valence electrons. The number of thioether (sulfide) groups is 1. The summed E-state index contributed by atoms with van der Waals surface area (Å²) < 4.78 is 11.2. The number of amides is 2. The first kappa shape index (κ1) is 23.4. The zero-order valence-electron chi connectivity index (χ0n) is 18.2. The molecule has 1 N–H and O–H groups in total. The maximum atomic E-state index is 12.9. The number of anilines is 1. The Labute approximate surface area is 191 Å². The highest BCUT2D eigenvalue weighted by Crippen LogP contribution is 2.37. The summed E-state index contributed by atoms with van der Waals surface area (Å²) in [5, 5.41) is 8.89.